The maximum Gasteiger partial charge on any atom is 0.265 e. The smallest absolute Gasteiger partial charge is 0.265 e. The highest BCUT2D eigenvalue weighted by molar-refractivity contribution is 5.95. The molecule has 0 radical (unpaired) electrons. The van der Waals surface area contributed by atoms with Gasteiger partial charge in [0.1, 0.15) is 5.75 Å². The minimum absolute atomic E-state index is 0.151. The van der Waals surface area contributed by atoms with Crippen LogP contribution in [0.5, 0.6) is 5.75 Å². The van der Waals surface area contributed by atoms with Gasteiger partial charge in [-0.15, -0.1) is 0 Å². The van der Waals surface area contributed by atoms with Crippen molar-refractivity contribution < 1.29 is 9.53 Å². The van der Waals surface area contributed by atoms with Crippen LogP contribution in [0.2, 0.25) is 0 Å². The zero-order valence-corrected chi connectivity index (χ0v) is 15.8. The molecule has 1 atom stereocenters. The molecule has 0 unspecified atom stereocenters. The second kappa shape index (κ2) is 8.56. The number of hydrogen-bond donors (Lipinski definition) is 1. The number of carbonyl (C=O) groups is 1. The number of amides is 1. The van der Waals surface area contributed by atoms with Crippen molar-refractivity contribution in [3.05, 3.63) is 53.6 Å². The highest BCUT2D eigenvalue weighted by atomic mass is 16.5. The van der Waals surface area contributed by atoms with Gasteiger partial charge >= 0.3 is 0 Å². The maximum absolute atomic E-state index is 12.5. The first-order valence-electron chi connectivity index (χ1n) is 8.85. The van der Waals surface area contributed by atoms with Crippen molar-refractivity contribution in [3.63, 3.8) is 0 Å². The van der Waals surface area contributed by atoms with E-state index in [1.165, 1.54) is 5.69 Å². The Labute approximate surface area is 150 Å². The summed E-state index contributed by atoms with van der Waals surface area (Å²) in [5.41, 5.74) is 4.05. The van der Waals surface area contributed by atoms with E-state index >= 15 is 0 Å². The molecule has 0 aliphatic carbocycles. The van der Waals surface area contributed by atoms with Crippen LogP contribution in [-0.2, 0) is 4.79 Å². The number of nitrogens with zero attached hydrogens (tertiary/aromatic N) is 1. The first-order valence-corrected chi connectivity index (χ1v) is 8.85. The molecule has 0 spiro atoms. The Morgan fingerprint density at radius 3 is 2.36 bits per heavy atom. The molecule has 0 bridgehead atoms. The van der Waals surface area contributed by atoms with E-state index < -0.39 is 6.10 Å². The van der Waals surface area contributed by atoms with E-state index in [2.05, 4.69) is 30.1 Å². The van der Waals surface area contributed by atoms with Crippen LogP contribution in [0.1, 0.15) is 31.9 Å². The van der Waals surface area contributed by atoms with E-state index in [9.17, 15) is 4.79 Å². The maximum atomic E-state index is 12.5. The predicted molar refractivity (Wildman–Crippen MR) is 105 cm³/mol. The van der Waals surface area contributed by atoms with E-state index in [1.807, 2.05) is 50.2 Å². The van der Waals surface area contributed by atoms with Gasteiger partial charge in [-0.05, 0) is 70.0 Å². The summed E-state index contributed by atoms with van der Waals surface area (Å²) in [7, 11) is 0. The number of benzene rings is 2. The number of carbonyl (C=O) groups excluding carboxylic acids is 1. The quantitative estimate of drug-likeness (QED) is 0.803. The molecule has 0 saturated carbocycles. The van der Waals surface area contributed by atoms with Crippen molar-refractivity contribution in [1.82, 2.24) is 0 Å². The van der Waals surface area contributed by atoms with Crippen LogP contribution in [0.3, 0.4) is 0 Å². The summed E-state index contributed by atoms with van der Waals surface area (Å²) in [6, 6.07) is 13.8. The summed E-state index contributed by atoms with van der Waals surface area (Å²) in [4.78, 5) is 14.7. The normalized spacial score (nSPS) is 11.7. The number of nitrogens with one attached hydrogen (secondary N) is 1. The second-order valence-electron chi connectivity index (χ2n) is 6.19. The zero-order chi connectivity index (χ0) is 18.4. The van der Waals surface area contributed by atoms with E-state index in [1.54, 1.807) is 6.92 Å². The van der Waals surface area contributed by atoms with Crippen LogP contribution >= 0.6 is 0 Å². The van der Waals surface area contributed by atoms with Gasteiger partial charge in [0.05, 0.1) is 0 Å². The Hall–Kier alpha value is -2.49. The lowest BCUT2D eigenvalue weighted by atomic mass is 10.1. The highest BCUT2D eigenvalue weighted by Gasteiger charge is 2.17. The third-order valence-electron chi connectivity index (χ3n) is 4.36. The van der Waals surface area contributed by atoms with Crippen LogP contribution < -0.4 is 15.0 Å². The predicted octanol–water partition coefficient (Wildman–Crippen LogP) is 4.56. The molecule has 2 aromatic rings. The largest absolute Gasteiger partial charge is 0.481 e. The van der Waals surface area contributed by atoms with Gasteiger partial charge in [0.2, 0.25) is 0 Å². The fourth-order valence-corrected chi connectivity index (χ4v) is 2.74. The Morgan fingerprint density at radius 1 is 1.08 bits per heavy atom. The minimum Gasteiger partial charge on any atom is -0.481 e. The van der Waals surface area contributed by atoms with Crippen LogP contribution in [0.25, 0.3) is 0 Å². The third-order valence-corrected chi connectivity index (χ3v) is 4.36. The number of hydrogen-bond acceptors (Lipinski definition) is 3. The van der Waals surface area contributed by atoms with Crippen LogP contribution in [-0.4, -0.2) is 25.1 Å². The number of para-hydroxylation sites is 1. The van der Waals surface area contributed by atoms with Gasteiger partial charge in [-0.1, -0.05) is 18.2 Å². The van der Waals surface area contributed by atoms with Gasteiger partial charge in [0, 0.05) is 24.5 Å². The van der Waals surface area contributed by atoms with E-state index in [-0.39, 0.29) is 5.91 Å². The van der Waals surface area contributed by atoms with Gasteiger partial charge in [0.15, 0.2) is 6.10 Å². The number of aryl methyl sites for hydroxylation is 2. The Balaban J connectivity index is 2.06. The van der Waals surface area contributed by atoms with Crippen LogP contribution in [0, 0.1) is 13.8 Å². The average Bonchev–Trinajstić information content (AvgIpc) is 2.60. The molecule has 1 amide bonds. The van der Waals surface area contributed by atoms with Gasteiger partial charge in [-0.2, -0.15) is 0 Å². The second-order valence-corrected chi connectivity index (χ2v) is 6.19. The lowest BCUT2D eigenvalue weighted by Crippen LogP contribution is -2.30. The Morgan fingerprint density at radius 2 is 1.76 bits per heavy atom. The van der Waals surface area contributed by atoms with Crippen LogP contribution in [0.4, 0.5) is 11.4 Å². The summed E-state index contributed by atoms with van der Waals surface area (Å²) in [6.45, 7) is 11.9. The zero-order valence-electron chi connectivity index (χ0n) is 15.8. The first-order chi connectivity index (χ1) is 12.0. The molecule has 2 rings (SSSR count). The molecule has 134 valence electrons. The first kappa shape index (κ1) is 18.8. The number of rotatable bonds is 7. The number of ether oxygens (including phenoxy) is 1. The summed E-state index contributed by atoms with van der Waals surface area (Å²) in [5, 5.41) is 2.97. The molecular formula is C21H28N2O2. The lowest BCUT2D eigenvalue weighted by Gasteiger charge is -2.22. The molecule has 0 aromatic heterocycles. The molecule has 0 aliphatic heterocycles. The van der Waals surface area contributed by atoms with Gasteiger partial charge < -0.3 is 15.0 Å². The average molecular weight is 340 g/mol. The van der Waals surface area contributed by atoms with Crippen molar-refractivity contribution in [2.24, 2.45) is 0 Å². The molecule has 2 aromatic carbocycles. The molecule has 1 N–H and O–H groups in total. The molecule has 25 heavy (non-hydrogen) atoms. The van der Waals surface area contributed by atoms with Gasteiger partial charge in [-0.3, -0.25) is 4.79 Å². The standard InChI is InChI=1S/C21H28N2O2/c1-6-23(7-2)18-12-13-19(16(4)14-18)22-21(24)17(5)25-20-11-9-8-10-15(20)3/h8-14,17H,6-7H2,1-5H3,(H,22,24)/t17-/m0/s1. The van der Waals surface area contributed by atoms with E-state index in [0.717, 1.165) is 35.7 Å². The van der Waals surface area contributed by atoms with Gasteiger partial charge in [-0.25, -0.2) is 0 Å². The molecule has 0 aliphatic rings. The summed E-state index contributed by atoms with van der Waals surface area (Å²) >= 11 is 0. The molecule has 0 heterocycles. The highest BCUT2D eigenvalue weighted by Crippen LogP contribution is 2.23. The Bertz CT molecular complexity index is 724. The van der Waals surface area contributed by atoms with Crippen molar-refractivity contribution >= 4 is 17.3 Å². The molecular weight excluding hydrogens is 312 g/mol. The number of anilines is 2. The Kier molecular flexibility index (Phi) is 6.45. The SMILES string of the molecule is CCN(CC)c1ccc(NC(=O)[C@H](C)Oc2ccccc2C)c(C)c1. The molecule has 0 saturated heterocycles. The van der Waals surface area contributed by atoms with E-state index in [4.69, 9.17) is 4.74 Å². The lowest BCUT2D eigenvalue weighted by molar-refractivity contribution is -0.122. The fraction of sp³-hybridized carbons (Fsp3) is 0.381. The van der Waals surface area contributed by atoms with Crippen molar-refractivity contribution in [3.8, 4) is 5.75 Å². The summed E-state index contributed by atoms with van der Waals surface area (Å²) < 4.78 is 5.80. The monoisotopic (exact) mass is 340 g/mol. The fourth-order valence-electron chi connectivity index (χ4n) is 2.74. The molecule has 4 nitrogen and oxygen atoms in total. The van der Waals surface area contributed by atoms with Crippen molar-refractivity contribution in [2.45, 2.75) is 40.7 Å². The van der Waals surface area contributed by atoms with Gasteiger partial charge in [0.25, 0.3) is 5.91 Å². The summed E-state index contributed by atoms with van der Waals surface area (Å²) in [6.07, 6.45) is -0.567. The molecule has 4 heteroatoms. The summed E-state index contributed by atoms with van der Waals surface area (Å²) in [5.74, 6) is 0.584. The minimum atomic E-state index is -0.567. The molecule has 0 fully saturated rings. The third kappa shape index (κ3) is 4.75. The van der Waals surface area contributed by atoms with Crippen LogP contribution in [0.15, 0.2) is 42.5 Å². The van der Waals surface area contributed by atoms with Crippen molar-refractivity contribution in [1.29, 1.82) is 0 Å². The van der Waals surface area contributed by atoms with E-state index in [0.29, 0.717) is 0 Å². The topological polar surface area (TPSA) is 41.6 Å². The van der Waals surface area contributed by atoms with Crippen molar-refractivity contribution in [2.75, 3.05) is 23.3 Å².